The molecule has 2 heterocycles. The van der Waals surface area contributed by atoms with Gasteiger partial charge in [-0.3, -0.25) is 9.69 Å². The quantitative estimate of drug-likeness (QED) is 0.502. The fraction of sp³-hybridized carbons (Fsp3) is 0.680. The molecule has 1 aromatic rings. The Bertz CT molecular complexity index is 771. The Kier molecular flexibility index (Phi) is 8.40. The minimum absolute atomic E-state index is 0.264. The number of aliphatic imine (C=N–C) groups is 1. The molecule has 1 unspecified atom stereocenters. The van der Waals surface area contributed by atoms with E-state index in [1.807, 2.05) is 0 Å². The first-order chi connectivity index (χ1) is 15.7. The highest BCUT2D eigenvalue weighted by Crippen LogP contribution is 2.27. The van der Waals surface area contributed by atoms with Gasteiger partial charge in [0.25, 0.3) is 0 Å². The van der Waals surface area contributed by atoms with Crippen molar-refractivity contribution in [3.8, 4) is 0 Å². The Hall–Kier alpha value is -2.12. The number of hydrogen-bond donors (Lipinski definition) is 2. The van der Waals surface area contributed by atoms with Gasteiger partial charge < -0.3 is 20.3 Å². The van der Waals surface area contributed by atoms with Gasteiger partial charge in [0, 0.05) is 51.2 Å². The fourth-order valence-electron chi connectivity index (χ4n) is 5.04. The van der Waals surface area contributed by atoms with E-state index < -0.39 is 0 Å². The molecule has 1 atom stereocenters. The molecule has 0 bridgehead atoms. The van der Waals surface area contributed by atoms with Crippen LogP contribution in [0.4, 0.5) is 0 Å². The van der Waals surface area contributed by atoms with Crippen molar-refractivity contribution in [3.05, 3.63) is 35.4 Å². The molecule has 2 N–H and O–H groups in total. The van der Waals surface area contributed by atoms with E-state index in [4.69, 9.17) is 9.73 Å². The molecular formula is C25H39N5O2. The zero-order chi connectivity index (χ0) is 22.2. The molecule has 4 rings (SSSR count). The van der Waals surface area contributed by atoms with Gasteiger partial charge in [-0.1, -0.05) is 37.1 Å². The molecule has 0 radical (unpaired) electrons. The van der Waals surface area contributed by atoms with Crippen LogP contribution in [0.3, 0.4) is 0 Å². The molecule has 2 aliphatic heterocycles. The number of carbonyl (C=O) groups is 1. The lowest BCUT2D eigenvalue weighted by atomic mass is 10.1. The van der Waals surface area contributed by atoms with E-state index in [0.29, 0.717) is 12.5 Å². The number of amides is 1. The van der Waals surface area contributed by atoms with Crippen LogP contribution in [0.1, 0.15) is 50.2 Å². The number of ether oxygens (including phenoxy) is 1. The topological polar surface area (TPSA) is 69.2 Å². The molecule has 7 nitrogen and oxygen atoms in total. The minimum atomic E-state index is 0.264. The molecule has 7 heteroatoms. The van der Waals surface area contributed by atoms with Crippen LogP contribution < -0.4 is 10.6 Å². The van der Waals surface area contributed by atoms with Gasteiger partial charge >= 0.3 is 0 Å². The third-order valence-electron chi connectivity index (χ3n) is 6.81. The zero-order valence-corrected chi connectivity index (χ0v) is 19.5. The van der Waals surface area contributed by atoms with E-state index in [0.717, 1.165) is 77.7 Å². The Morgan fingerprint density at radius 2 is 1.91 bits per heavy atom. The predicted molar refractivity (Wildman–Crippen MR) is 127 cm³/mol. The first kappa shape index (κ1) is 23.1. The van der Waals surface area contributed by atoms with E-state index in [9.17, 15) is 4.79 Å². The Labute approximate surface area is 192 Å². The van der Waals surface area contributed by atoms with Crippen molar-refractivity contribution in [2.75, 3.05) is 45.9 Å². The number of guanidine groups is 1. The number of morpholine rings is 1. The molecular weight excluding hydrogens is 402 g/mol. The number of nitrogens with zero attached hydrogens (tertiary/aromatic N) is 3. The second-order valence-corrected chi connectivity index (χ2v) is 9.30. The normalized spacial score (nSPS) is 23.0. The van der Waals surface area contributed by atoms with Crippen LogP contribution >= 0.6 is 0 Å². The minimum Gasteiger partial charge on any atom is -0.379 e. The van der Waals surface area contributed by atoms with Gasteiger partial charge in [-0.25, -0.2) is 4.99 Å². The fourth-order valence-corrected chi connectivity index (χ4v) is 5.04. The lowest BCUT2D eigenvalue weighted by molar-refractivity contribution is -0.134. The molecule has 1 amide bonds. The van der Waals surface area contributed by atoms with Crippen molar-refractivity contribution in [3.63, 3.8) is 0 Å². The standard InChI is InChI=1S/C25H39N5O2/c1-2-26-25(28-23-10-11-30(19-23)24(31)22-8-3-4-9-22)27-17-20-6-5-7-21(16-20)18-29-12-14-32-15-13-29/h5-7,16,22-23H,2-4,8-15,17-19H2,1H3,(H2,26,27,28). The van der Waals surface area contributed by atoms with E-state index in [2.05, 4.69) is 51.6 Å². The molecule has 0 spiro atoms. The summed E-state index contributed by atoms with van der Waals surface area (Å²) in [5.74, 6) is 1.47. The lowest BCUT2D eigenvalue weighted by Gasteiger charge is -2.26. The van der Waals surface area contributed by atoms with Crippen molar-refractivity contribution >= 4 is 11.9 Å². The number of nitrogens with one attached hydrogen (secondary N) is 2. The number of carbonyl (C=O) groups excluding carboxylic acids is 1. The SMILES string of the molecule is CCNC(=NCc1cccc(CN2CCOCC2)c1)NC1CCN(C(=O)C2CCCC2)C1. The third-order valence-corrected chi connectivity index (χ3v) is 6.81. The van der Waals surface area contributed by atoms with Crippen LogP contribution in [0, 0.1) is 5.92 Å². The van der Waals surface area contributed by atoms with Gasteiger partial charge in [-0.05, 0) is 37.3 Å². The molecule has 1 saturated carbocycles. The maximum Gasteiger partial charge on any atom is 0.225 e. The van der Waals surface area contributed by atoms with Crippen LogP contribution in [0.2, 0.25) is 0 Å². The highest BCUT2D eigenvalue weighted by atomic mass is 16.5. The van der Waals surface area contributed by atoms with Crippen LogP contribution in [0.25, 0.3) is 0 Å². The average Bonchev–Trinajstić information content (AvgIpc) is 3.51. The Balaban J connectivity index is 1.30. The Morgan fingerprint density at radius 1 is 1.12 bits per heavy atom. The summed E-state index contributed by atoms with van der Waals surface area (Å²) < 4.78 is 5.45. The van der Waals surface area contributed by atoms with E-state index in [-0.39, 0.29) is 12.0 Å². The third kappa shape index (κ3) is 6.45. The summed E-state index contributed by atoms with van der Waals surface area (Å²) in [6.07, 6.45) is 5.54. The van der Waals surface area contributed by atoms with Gasteiger partial charge in [-0.15, -0.1) is 0 Å². The average molecular weight is 442 g/mol. The van der Waals surface area contributed by atoms with Gasteiger partial charge in [0.15, 0.2) is 5.96 Å². The highest BCUT2D eigenvalue weighted by molar-refractivity contribution is 5.81. The van der Waals surface area contributed by atoms with Crippen LogP contribution in [-0.4, -0.2) is 73.6 Å². The summed E-state index contributed by atoms with van der Waals surface area (Å²) in [6.45, 7) is 9.81. The summed E-state index contributed by atoms with van der Waals surface area (Å²) in [7, 11) is 0. The monoisotopic (exact) mass is 441 g/mol. The maximum absolute atomic E-state index is 12.7. The summed E-state index contributed by atoms with van der Waals surface area (Å²) in [4.78, 5) is 22.1. The molecule has 32 heavy (non-hydrogen) atoms. The summed E-state index contributed by atoms with van der Waals surface area (Å²) in [6, 6.07) is 9.00. The van der Waals surface area contributed by atoms with Gasteiger partial charge in [0.2, 0.25) is 5.91 Å². The largest absolute Gasteiger partial charge is 0.379 e. The first-order valence-corrected chi connectivity index (χ1v) is 12.4. The number of hydrogen-bond acceptors (Lipinski definition) is 4. The van der Waals surface area contributed by atoms with E-state index in [1.54, 1.807) is 0 Å². The van der Waals surface area contributed by atoms with E-state index >= 15 is 0 Å². The second-order valence-electron chi connectivity index (χ2n) is 9.30. The predicted octanol–water partition coefficient (Wildman–Crippen LogP) is 2.37. The second kappa shape index (κ2) is 11.7. The van der Waals surface area contributed by atoms with Crippen molar-refractivity contribution in [1.82, 2.24) is 20.4 Å². The van der Waals surface area contributed by atoms with E-state index in [1.165, 1.54) is 24.0 Å². The molecule has 1 aliphatic carbocycles. The molecule has 3 aliphatic rings. The van der Waals surface area contributed by atoms with Crippen LogP contribution in [0.15, 0.2) is 29.3 Å². The highest BCUT2D eigenvalue weighted by Gasteiger charge is 2.32. The van der Waals surface area contributed by atoms with Crippen molar-refractivity contribution in [2.24, 2.45) is 10.9 Å². The molecule has 3 fully saturated rings. The maximum atomic E-state index is 12.7. The summed E-state index contributed by atoms with van der Waals surface area (Å²) in [5, 5.41) is 6.94. The van der Waals surface area contributed by atoms with Crippen LogP contribution in [-0.2, 0) is 22.6 Å². The van der Waals surface area contributed by atoms with Crippen molar-refractivity contribution in [1.29, 1.82) is 0 Å². The lowest BCUT2D eigenvalue weighted by Crippen LogP contribution is -2.45. The Morgan fingerprint density at radius 3 is 2.69 bits per heavy atom. The summed E-state index contributed by atoms with van der Waals surface area (Å²) >= 11 is 0. The summed E-state index contributed by atoms with van der Waals surface area (Å²) in [5.41, 5.74) is 2.55. The number of likely N-dealkylation sites (tertiary alicyclic amines) is 1. The zero-order valence-electron chi connectivity index (χ0n) is 19.5. The molecule has 2 saturated heterocycles. The molecule has 1 aromatic carbocycles. The number of benzene rings is 1. The van der Waals surface area contributed by atoms with Gasteiger partial charge in [0.05, 0.1) is 19.8 Å². The van der Waals surface area contributed by atoms with Gasteiger partial charge in [0.1, 0.15) is 0 Å². The smallest absolute Gasteiger partial charge is 0.225 e. The van der Waals surface area contributed by atoms with Crippen molar-refractivity contribution < 1.29 is 9.53 Å². The molecule has 176 valence electrons. The van der Waals surface area contributed by atoms with Crippen molar-refractivity contribution in [2.45, 2.75) is 58.2 Å². The molecule has 0 aromatic heterocycles. The van der Waals surface area contributed by atoms with Gasteiger partial charge in [-0.2, -0.15) is 0 Å². The number of rotatable bonds is 7. The van der Waals surface area contributed by atoms with Crippen LogP contribution in [0.5, 0.6) is 0 Å². The first-order valence-electron chi connectivity index (χ1n) is 12.4.